The van der Waals surface area contributed by atoms with Crippen molar-refractivity contribution < 1.29 is 4.79 Å². The van der Waals surface area contributed by atoms with Crippen molar-refractivity contribution in [1.82, 2.24) is 10.2 Å². The highest BCUT2D eigenvalue weighted by molar-refractivity contribution is 5.93. The quantitative estimate of drug-likeness (QED) is 0.680. The summed E-state index contributed by atoms with van der Waals surface area (Å²) in [5.74, 6) is 0.234. The van der Waals surface area contributed by atoms with E-state index in [1.54, 1.807) is 18.3 Å². The first-order chi connectivity index (χ1) is 7.25. The van der Waals surface area contributed by atoms with E-state index in [2.05, 4.69) is 15.5 Å². The maximum atomic E-state index is 11.7. The third-order valence-electron chi connectivity index (χ3n) is 2.28. The van der Waals surface area contributed by atoms with Crippen molar-refractivity contribution in [2.45, 2.75) is 12.5 Å². The highest BCUT2D eigenvalue weighted by Gasteiger charge is 2.22. The van der Waals surface area contributed by atoms with E-state index in [-0.39, 0.29) is 17.9 Å². The third-order valence-corrected chi connectivity index (χ3v) is 2.28. The summed E-state index contributed by atoms with van der Waals surface area (Å²) in [4.78, 5) is 11.7. The molecular formula is C10H12N4O. The summed E-state index contributed by atoms with van der Waals surface area (Å²) >= 11 is 0. The third kappa shape index (κ3) is 2.38. The Kier molecular flexibility index (Phi) is 2.73. The van der Waals surface area contributed by atoms with E-state index in [1.165, 1.54) is 0 Å². The molecule has 0 bridgehead atoms. The number of amides is 1. The van der Waals surface area contributed by atoms with E-state index in [0.29, 0.717) is 12.2 Å². The van der Waals surface area contributed by atoms with Crippen LogP contribution >= 0.6 is 0 Å². The van der Waals surface area contributed by atoms with Crippen LogP contribution in [-0.4, -0.2) is 22.1 Å². The second-order valence-corrected chi connectivity index (χ2v) is 3.49. The topological polar surface area (TPSA) is 80.9 Å². The summed E-state index contributed by atoms with van der Waals surface area (Å²) in [6, 6.07) is 3.41. The van der Waals surface area contributed by atoms with E-state index < -0.39 is 0 Å². The summed E-state index contributed by atoms with van der Waals surface area (Å²) in [5.41, 5.74) is 5.66. The molecule has 0 aromatic carbocycles. The Morgan fingerprint density at radius 2 is 2.40 bits per heavy atom. The van der Waals surface area contributed by atoms with Crippen molar-refractivity contribution in [2.24, 2.45) is 11.7 Å². The first-order valence-electron chi connectivity index (χ1n) is 4.78. The molecule has 1 aliphatic rings. The number of carbonyl (C=O) groups is 1. The standard InChI is InChI=1S/C10H12N4O/c11-8-4-3-7(6-8)10(15)13-9-2-1-5-12-14-9/h1-5,7-8H,6,11H2,(H,13,14,15). The fourth-order valence-corrected chi connectivity index (χ4v) is 1.51. The summed E-state index contributed by atoms with van der Waals surface area (Å²) in [5, 5.41) is 10.1. The molecule has 5 heteroatoms. The fraction of sp³-hybridized carbons (Fsp3) is 0.300. The molecule has 0 radical (unpaired) electrons. The van der Waals surface area contributed by atoms with E-state index in [1.807, 2.05) is 12.2 Å². The molecule has 1 aromatic rings. The van der Waals surface area contributed by atoms with Gasteiger partial charge in [-0.1, -0.05) is 12.2 Å². The molecule has 3 N–H and O–H groups in total. The summed E-state index contributed by atoms with van der Waals surface area (Å²) in [6.07, 6.45) is 5.89. The number of aromatic nitrogens is 2. The Bertz CT molecular complexity index is 376. The van der Waals surface area contributed by atoms with Gasteiger partial charge in [0.1, 0.15) is 0 Å². The van der Waals surface area contributed by atoms with Crippen molar-refractivity contribution in [2.75, 3.05) is 5.32 Å². The minimum atomic E-state index is -0.151. The number of hydrogen-bond donors (Lipinski definition) is 2. The first-order valence-corrected chi connectivity index (χ1v) is 4.78. The molecule has 2 atom stereocenters. The zero-order valence-electron chi connectivity index (χ0n) is 8.13. The zero-order valence-corrected chi connectivity index (χ0v) is 8.13. The van der Waals surface area contributed by atoms with Gasteiger partial charge in [-0.05, 0) is 18.6 Å². The maximum absolute atomic E-state index is 11.7. The second kappa shape index (κ2) is 4.18. The molecule has 5 nitrogen and oxygen atoms in total. The molecule has 0 saturated carbocycles. The Balaban J connectivity index is 1.96. The number of carbonyl (C=O) groups excluding carboxylic acids is 1. The lowest BCUT2D eigenvalue weighted by Crippen LogP contribution is -2.24. The monoisotopic (exact) mass is 204 g/mol. The van der Waals surface area contributed by atoms with Gasteiger partial charge >= 0.3 is 0 Å². The maximum Gasteiger partial charge on any atom is 0.232 e. The van der Waals surface area contributed by atoms with Crippen molar-refractivity contribution in [3.63, 3.8) is 0 Å². The van der Waals surface area contributed by atoms with Crippen LogP contribution in [0.4, 0.5) is 5.82 Å². The number of rotatable bonds is 2. The Morgan fingerprint density at radius 1 is 1.53 bits per heavy atom. The molecule has 1 heterocycles. The van der Waals surface area contributed by atoms with E-state index in [4.69, 9.17) is 5.73 Å². The number of anilines is 1. The minimum absolute atomic E-state index is 0.0115. The largest absolute Gasteiger partial charge is 0.324 e. The van der Waals surface area contributed by atoms with Crippen LogP contribution in [0.2, 0.25) is 0 Å². The van der Waals surface area contributed by atoms with Crippen LogP contribution in [0.15, 0.2) is 30.5 Å². The van der Waals surface area contributed by atoms with Gasteiger partial charge in [-0.15, -0.1) is 5.10 Å². The average Bonchev–Trinajstić information content (AvgIpc) is 2.66. The SMILES string of the molecule is NC1C=CC(C(=O)Nc2cccnn2)C1. The lowest BCUT2D eigenvalue weighted by atomic mass is 10.1. The smallest absolute Gasteiger partial charge is 0.232 e. The Labute approximate surface area is 87.4 Å². The van der Waals surface area contributed by atoms with Gasteiger partial charge in [0, 0.05) is 12.2 Å². The molecule has 2 unspecified atom stereocenters. The Hall–Kier alpha value is -1.75. The van der Waals surface area contributed by atoms with Gasteiger partial charge < -0.3 is 11.1 Å². The van der Waals surface area contributed by atoms with Crippen molar-refractivity contribution >= 4 is 11.7 Å². The molecule has 78 valence electrons. The second-order valence-electron chi connectivity index (χ2n) is 3.49. The van der Waals surface area contributed by atoms with Crippen LogP contribution in [0.3, 0.4) is 0 Å². The Morgan fingerprint density at radius 3 is 3.00 bits per heavy atom. The zero-order chi connectivity index (χ0) is 10.7. The van der Waals surface area contributed by atoms with Gasteiger partial charge in [0.05, 0.1) is 5.92 Å². The molecule has 0 spiro atoms. The van der Waals surface area contributed by atoms with E-state index in [9.17, 15) is 4.79 Å². The lowest BCUT2D eigenvalue weighted by molar-refractivity contribution is -0.118. The van der Waals surface area contributed by atoms with Crippen LogP contribution in [0.1, 0.15) is 6.42 Å². The molecule has 1 aliphatic carbocycles. The average molecular weight is 204 g/mol. The van der Waals surface area contributed by atoms with Gasteiger partial charge in [-0.25, -0.2) is 0 Å². The van der Waals surface area contributed by atoms with Crippen LogP contribution in [0.25, 0.3) is 0 Å². The predicted octanol–water partition coefficient (Wildman–Crippen LogP) is 0.318. The van der Waals surface area contributed by atoms with Gasteiger partial charge in [0.25, 0.3) is 0 Å². The number of nitrogens with zero attached hydrogens (tertiary/aromatic N) is 2. The molecule has 2 rings (SSSR count). The first kappa shape index (κ1) is 9.79. The molecular weight excluding hydrogens is 192 g/mol. The molecule has 0 aliphatic heterocycles. The highest BCUT2D eigenvalue weighted by atomic mass is 16.1. The van der Waals surface area contributed by atoms with Crippen LogP contribution in [-0.2, 0) is 4.79 Å². The molecule has 15 heavy (non-hydrogen) atoms. The van der Waals surface area contributed by atoms with Gasteiger partial charge in [-0.3, -0.25) is 4.79 Å². The molecule has 1 aromatic heterocycles. The normalized spacial score (nSPS) is 24.1. The van der Waals surface area contributed by atoms with Gasteiger partial charge in [0.2, 0.25) is 5.91 Å². The van der Waals surface area contributed by atoms with Crippen LogP contribution in [0, 0.1) is 5.92 Å². The fourth-order valence-electron chi connectivity index (χ4n) is 1.51. The van der Waals surface area contributed by atoms with Crippen LogP contribution < -0.4 is 11.1 Å². The van der Waals surface area contributed by atoms with Gasteiger partial charge in [-0.2, -0.15) is 5.10 Å². The summed E-state index contributed by atoms with van der Waals surface area (Å²) in [6.45, 7) is 0. The number of hydrogen-bond acceptors (Lipinski definition) is 4. The van der Waals surface area contributed by atoms with Crippen LogP contribution in [0.5, 0.6) is 0 Å². The molecule has 1 amide bonds. The summed E-state index contributed by atoms with van der Waals surface area (Å²) in [7, 11) is 0. The van der Waals surface area contributed by atoms with Gasteiger partial charge in [0.15, 0.2) is 5.82 Å². The van der Waals surface area contributed by atoms with Crippen molar-refractivity contribution in [1.29, 1.82) is 0 Å². The minimum Gasteiger partial charge on any atom is -0.324 e. The lowest BCUT2D eigenvalue weighted by Gasteiger charge is -2.08. The highest BCUT2D eigenvalue weighted by Crippen LogP contribution is 2.17. The molecule has 0 fully saturated rings. The predicted molar refractivity (Wildman–Crippen MR) is 55.9 cm³/mol. The molecule has 0 saturated heterocycles. The van der Waals surface area contributed by atoms with E-state index in [0.717, 1.165) is 0 Å². The summed E-state index contributed by atoms with van der Waals surface area (Å²) < 4.78 is 0. The van der Waals surface area contributed by atoms with E-state index >= 15 is 0 Å². The number of nitrogens with one attached hydrogen (secondary N) is 1. The number of nitrogens with two attached hydrogens (primary N) is 1. The van der Waals surface area contributed by atoms with Crippen molar-refractivity contribution in [3.8, 4) is 0 Å². The van der Waals surface area contributed by atoms with Crippen molar-refractivity contribution in [3.05, 3.63) is 30.5 Å².